The van der Waals surface area contributed by atoms with E-state index < -0.39 is 5.97 Å². The normalized spacial score (nSPS) is 9.94. The van der Waals surface area contributed by atoms with Crippen LogP contribution in [0.25, 0.3) is 0 Å². The summed E-state index contributed by atoms with van der Waals surface area (Å²) < 4.78 is 5.32. The summed E-state index contributed by atoms with van der Waals surface area (Å²) in [6.45, 7) is 0. The van der Waals surface area contributed by atoms with E-state index in [2.05, 4.69) is 9.97 Å². The van der Waals surface area contributed by atoms with Crippen LogP contribution in [0.4, 0.5) is 0 Å². The molecule has 1 aromatic carbocycles. The number of rotatable bonds is 3. The van der Waals surface area contributed by atoms with Crippen LogP contribution in [0.2, 0.25) is 5.02 Å². The number of carboxylic acids is 1. The number of aromatic nitrogens is 2. The highest BCUT2D eigenvalue weighted by atomic mass is 35.5. The van der Waals surface area contributed by atoms with Crippen LogP contribution >= 0.6 is 11.6 Å². The Balaban J connectivity index is 2.37. The lowest BCUT2D eigenvalue weighted by Crippen LogP contribution is -2.04. The van der Waals surface area contributed by atoms with Crippen molar-refractivity contribution in [3.63, 3.8) is 0 Å². The molecule has 2 aromatic rings. The number of para-hydroxylation sites is 1. The molecule has 0 saturated carbocycles. The molecule has 0 atom stereocenters. The van der Waals surface area contributed by atoms with Crippen LogP contribution in [0.5, 0.6) is 11.6 Å². The van der Waals surface area contributed by atoms with Crippen molar-refractivity contribution in [3.8, 4) is 11.6 Å². The van der Waals surface area contributed by atoms with Gasteiger partial charge in [-0.25, -0.2) is 14.8 Å². The standard InChI is InChI=1S/C11H7ClN2O3/c12-7-3-1-2-4-8(7)17-10-9(11(15)16)13-5-6-14-10/h1-6H,(H,15,16). The third kappa shape index (κ3) is 2.51. The Kier molecular flexibility index (Phi) is 3.20. The van der Waals surface area contributed by atoms with E-state index in [1.54, 1.807) is 24.3 Å². The molecule has 5 nitrogen and oxygen atoms in total. The lowest BCUT2D eigenvalue weighted by atomic mass is 10.3. The topological polar surface area (TPSA) is 72.3 Å². The zero-order valence-corrected chi connectivity index (χ0v) is 9.26. The van der Waals surface area contributed by atoms with Crippen molar-refractivity contribution in [1.29, 1.82) is 0 Å². The van der Waals surface area contributed by atoms with Gasteiger partial charge in [-0.1, -0.05) is 23.7 Å². The summed E-state index contributed by atoms with van der Waals surface area (Å²) >= 11 is 5.89. The molecule has 0 unspecified atom stereocenters. The molecule has 1 aromatic heterocycles. The molecule has 1 heterocycles. The first-order valence-electron chi connectivity index (χ1n) is 4.65. The molecule has 86 valence electrons. The van der Waals surface area contributed by atoms with Gasteiger partial charge in [0.05, 0.1) is 5.02 Å². The minimum Gasteiger partial charge on any atom is -0.476 e. The van der Waals surface area contributed by atoms with Gasteiger partial charge in [-0.3, -0.25) is 0 Å². The first-order chi connectivity index (χ1) is 8.18. The molecule has 0 spiro atoms. The molecule has 0 saturated heterocycles. The van der Waals surface area contributed by atoms with Crippen LogP contribution in [-0.4, -0.2) is 21.0 Å². The summed E-state index contributed by atoms with van der Waals surface area (Å²) in [4.78, 5) is 18.4. The van der Waals surface area contributed by atoms with E-state index in [0.717, 1.165) is 0 Å². The molecular formula is C11H7ClN2O3. The van der Waals surface area contributed by atoms with Gasteiger partial charge >= 0.3 is 5.97 Å². The molecule has 0 aliphatic carbocycles. The van der Waals surface area contributed by atoms with Crippen LogP contribution in [0.15, 0.2) is 36.7 Å². The summed E-state index contributed by atoms with van der Waals surface area (Å²) in [5, 5.41) is 9.27. The van der Waals surface area contributed by atoms with Gasteiger partial charge in [0.1, 0.15) is 5.75 Å². The van der Waals surface area contributed by atoms with Gasteiger partial charge < -0.3 is 9.84 Å². The van der Waals surface area contributed by atoms with Crippen LogP contribution in [0, 0.1) is 0 Å². The van der Waals surface area contributed by atoms with Gasteiger partial charge in [0.15, 0.2) is 0 Å². The maximum absolute atomic E-state index is 10.9. The Morgan fingerprint density at radius 2 is 1.94 bits per heavy atom. The second-order valence-electron chi connectivity index (χ2n) is 3.05. The Hall–Kier alpha value is -2.14. The minimum absolute atomic E-state index is 0.0897. The fourth-order valence-corrected chi connectivity index (χ4v) is 1.35. The average Bonchev–Trinajstić information content (AvgIpc) is 2.32. The predicted octanol–water partition coefficient (Wildman–Crippen LogP) is 2.62. The molecule has 1 N–H and O–H groups in total. The summed E-state index contributed by atoms with van der Waals surface area (Å²) in [6, 6.07) is 6.71. The van der Waals surface area contributed by atoms with E-state index in [0.29, 0.717) is 10.8 Å². The number of halogens is 1. The van der Waals surface area contributed by atoms with Crippen molar-refractivity contribution < 1.29 is 14.6 Å². The van der Waals surface area contributed by atoms with Crippen LogP contribution in [0.1, 0.15) is 10.5 Å². The number of carboxylic acid groups (broad SMARTS) is 1. The number of benzene rings is 1. The summed E-state index contributed by atoms with van der Waals surface area (Å²) in [5.74, 6) is -0.967. The quantitative estimate of drug-likeness (QED) is 0.907. The number of hydrogen-bond acceptors (Lipinski definition) is 4. The number of aromatic carboxylic acids is 1. The zero-order chi connectivity index (χ0) is 12.3. The van der Waals surface area contributed by atoms with E-state index >= 15 is 0 Å². The molecule has 0 aliphatic heterocycles. The number of nitrogens with zero attached hydrogens (tertiary/aromatic N) is 2. The lowest BCUT2D eigenvalue weighted by molar-refractivity contribution is 0.0686. The molecule has 6 heteroatoms. The second-order valence-corrected chi connectivity index (χ2v) is 3.45. The van der Waals surface area contributed by atoms with Crippen LogP contribution in [0.3, 0.4) is 0 Å². The molecule has 0 aliphatic rings. The maximum Gasteiger partial charge on any atom is 0.360 e. The highest BCUT2D eigenvalue weighted by Crippen LogP contribution is 2.28. The van der Waals surface area contributed by atoms with Crippen molar-refractivity contribution in [1.82, 2.24) is 9.97 Å². The van der Waals surface area contributed by atoms with Gasteiger partial charge in [-0.15, -0.1) is 0 Å². The highest BCUT2D eigenvalue weighted by Gasteiger charge is 2.15. The monoisotopic (exact) mass is 250 g/mol. The van der Waals surface area contributed by atoms with Gasteiger partial charge in [-0.2, -0.15) is 0 Å². The Morgan fingerprint density at radius 1 is 1.24 bits per heavy atom. The van der Waals surface area contributed by atoms with Gasteiger partial charge in [0.2, 0.25) is 5.69 Å². The molecule has 2 rings (SSSR count). The summed E-state index contributed by atoms with van der Waals surface area (Å²) in [6.07, 6.45) is 2.63. The summed E-state index contributed by atoms with van der Waals surface area (Å²) in [5.41, 5.74) is -0.257. The first-order valence-corrected chi connectivity index (χ1v) is 5.03. The second kappa shape index (κ2) is 4.80. The largest absolute Gasteiger partial charge is 0.476 e. The van der Waals surface area contributed by atoms with Gasteiger partial charge in [-0.05, 0) is 12.1 Å². The van der Waals surface area contributed by atoms with E-state index in [-0.39, 0.29) is 11.6 Å². The smallest absolute Gasteiger partial charge is 0.360 e. The van der Waals surface area contributed by atoms with Crippen LogP contribution in [-0.2, 0) is 0 Å². The zero-order valence-electron chi connectivity index (χ0n) is 8.50. The van der Waals surface area contributed by atoms with Crippen molar-refractivity contribution in [2.24, 2.45) is 0 Å². The van der Waals surface area contributed by atoms with Gasteiger partial charge in [0, 0.05) is 12.4 Å². The average molecular weight is 251 g/mol. The molecule has 17 heavy (non-hydrogen) atoms. The Bertz CT molecular complexity index is 560. The van der Waals surface area contributed by atoms with E-state index in [1.165, 1.54) is 12.4 Å². The molecule has 0 radical (unpaired) electrons. The maximum atomic E-state index is 10.9. The van der Waals surface area contributed by atoms with Crippen molar-refractivity contribution in [2.75, 3.05) is 0 Å². The minimum atomic E-state index is -1.21. The lowest BCUT2D eigenvalue weighted by Gasteiger charge is -2.07. The van der Waals surface area contributed by atoms with Crippen LogP contribution < -0.4 is 4.74 Å². The molecular weight excluding hydrogens is 244 g/mol. The SMILES string of the molecule is O=C(O)c1nccnc1Oc1ccccc1Cl. The van der Waals surface area contributed by atoms with E-state index in [4.69, 9.17) is 21.4 Å². The number of ether oxygens (including phenoxy) is 1. The third-order valence-corrected chi connectivity index (χ3v) is 2.22. The Morgan fingerprint density at radius 3 is 2.65 bits per heavy atom. The van der Waals surface area contributed by atoms with E-state index in [9.17, 15) is 4.79 Å². The molecule has 0 bridgehead atoms. The van der Waals surface area contributed by atoms with Gasteiger partial charge in [0.25, 0.3) is 5.88 Å². The first kappa shape index (κ1) is 11.3. The fourth-order valence-electron chi connectivity index (χ4n) is 1.18. The van der Waals surface area contributed by atoms with Crippen molar-refractivity contribution in [3.05, 3.63) is 47.4 Å². The molecule has 0 fully saturated rings. The summed E-state index contributed by atoms with van der Waals surface area (Å²) in [7, 11) is 0. The fraction of sp³-hybridized carbons (Fsp3) is 0. The highest BCUT2D eigenvalue weighted by molar-refractivity contribution is 6.32. The number of carbonyl (C=O) groups is 1. The Labute approximate surface area is 102 Å². The molecule has 0 amide bonds. The van der Waals surface area contributed by atoms with Crippen molar-refractivity contribution in [2.45, 2.75) is 0 Å². The predicted molar refractivity (Wildman–Crippen MR) is 60.5 cm³/mol. The van der Waals surface area contributed by atoms with E-state index in [1.807, 2.05) is 0 Å². The number of hydrogen-bond donors (Lipinski definition) is 1. The third-order valence-electron chi connectivity index (χ3n) is 1.91. The van der Waals surface area contributed by atoms with Crippen molar-refractivity contribution >= 4 is 17.6 Å².